The third-order valence-electron chi connectivity index (χ3n) is 2.64. The van der Waals surface area contributed by atoms with Crippen LogP contribution in [0.1, 0.15) is 29.4 Å². The van der Waals surface area contributed by atoms with Crippen LogP contribution in [-0.4, -0.2) is 16.7 Å². The van der Waals surface area contributed by atoms with Crippen LogP contribution in [0.5, 0.6) is 0 Å². The number of halogens is 1. The highest BCUT2D eigenvalue weighted by Crippen LogP contribution is 2.20. The molecule has 19 heavy (non-hydrogen) atoms. The summed E-state index contributed by atoms with van der Waals surface area (Å²) in [4.78, 5) is 0. The second-order valence-electron chi connectivity index (χ2n) is 4.88. The Morgan fingerprint density at radius 3 is 2.68 bits per heavy atom. The first kappa shape index (κ1) is 14.4. The monoisotopic (exact) mass is 295 g/mol. The van der Waals surface area contributed by atoms with Gasteiger partial charge in [0.1, 0.15) is 10.0 Å². The molecule has 0 saturated carbocycles. The van der Waals surface area contributed by atoms with Crippen molar-refractivity contribution in [2.45, 2.75) is 26.8 Å². The van der Waals surface area contributed by atoms with Crippen molar-refractivity contribution in [3.63, 3.8) is 0 Å². The molecule has 1 aromatic carbocycles. The van der Waals surface area contributed by atoms with E-state index in [0.29, 0.717) is 5.92 Å². The summed E-state index contributed by atoms with van der Waals surface area (Å²) in [5, 5.41) is 14.6. The number of rotatable bonds is 6. The second kappa shape index (κ2) is 6.98. The van der Waals surface area contributed by atoms with E-state index in [0.717, 1.165) is 40.1 Å². The largest absolute Gasteiger partial charge is 0.310 e. The van der Waals surface area contributed by atoms with E-state index in [1.54, 1.807) is 11.3 Å². The molecule has 0 unspecified atom stereocenters. The lowest BCUT2D eigenvalue weighted by molar-refractivity contribution is 0.550. The third kappa shape index (κ3) is 4.56. The summed E-state index contributed by atoms with van der Waals surface area (Å²) >= 11 is 7.79. The van der Waals surface area contributed by atoms with E-state index in [2.05, 4.69) is 29.4 Å². The molecule has 0 spiro atoms. The van der Waals surface area contributed by atoms with Gasteiger partial charge in [-0.25, -0.2) is 0 Å². The van der Waals surface area contributed by atoms with Crippen LogP contribution in [0.15, 0.2) is 24.3 Å². The molecule has 1 aromatic heterocycles. The average molecular weight is 296 g/mol. The van der Waals surface area contributed by atoms with Crippen molar-refractivity contribution in [2.75, 3.05) is 6.54 Å². The van der Waals surface area contributed by atoms with Crippen LogP contribution in [0.3, 0.4) is 0 Å². The maximum absolute atomic E-state index is 6.14. The Morgan fingerprint density at radius 1 is 1.21 bits per heavy atom. The molecule has 0 amide bonds. The van der Waals surface area contributed by atoms with Gasteiger partial charge in [-0.1, -0.05) is 55.0 Å². The van der Waals surface area contributed by atoms with Crippen LogP contribution in [-0.2, 0) is 13.0 Å². The quantitative estimate of drug-likeness (QED) is 0.886. The molecular weight excluding hydrogens is 278 g/mol. The molecule has 0 fully saturated rings. The molecule has 2 aromatic rings. The highest BCUT2D eigenvalue weighted by Gasteiger charge is 2.07. The van der Waals surface area contributed by atoms with Gasteiger partial charge in [-0.05, 0) is 24.1 Å². The van der Waals surface area contributed by atoms with Gasteiger partial charge in [0.25, 0.3) is 0 Å². The van der Waals surface area contributed by atoms with E-state index in [1.165, 1.54) is 0 Å². The first-order valence-electron chi connectivity index (χ1n) is 6.40. The zero-order chi connectivity index (χ0) is 13.7. The van der Waals surface area contributed by atoms with Gasteiger partial charge in [0.05, 0.1) is 0 Å². The number of hydrogen-bond acceptors (Lipinski definition) is 4. The normalized spacial score (nSPS) is 11.2. The Bertz CT molecular complexity index is 525. The van der Waals surface area contributed by atoms with Crippen LogP contribution in [0.2, 0.25) is 5.02 Å². The minimum atomic E-state index is 0.649. The average Bonchev–Trinajstić information content (AvgIpc) is 2.79. The van der Waals surface area contributed by atoms with Crippen LogP contribution in [0.4, 0.5) is 0 Å². The standard InChI is InChI=1S/C14H18ClN3S/c1-10(2)8-16-9-14-18-17-13(19-14)7-11-5-3-4-6-12(11)15/h3-6,10,16H,7-9H2,1-2H3. The summed E-state index contributed by atoms with van der Waals surface area (Å²) in [6.07, 6.45) is 0.752. The molecule has 0 bridgehead atoms. The molecule has 3 nitrogen and oxygen atoms in total. The zero-order valence-electron chi connectivity index (χ0n) is 11.2. The molecule has 0 atom stereocenters. The first-order valence-corrected chi connectivity index (χ1v) is 7.60. The minimum Gasteiger partial charge on any atom is -0.310 e. The molecule has 1 N–H and O–H groups in total. The maximum Gasteiger partial charge on any atom is 0.131 e. The summed E-state index contributed by atoms with van der Waals surface area (Å²) in [5.74, 6) is 0.649. The Labute approximate surface area is 123 Å². The predicted octanol–water partition coefficient (Wildman–Crippen LogP) is 3.53. The van der Waals surface area contributed by atoms with Crippen LogP contribution in [0, 0.1) is 5.92 Å². The Balaban J connectivity index is 1.92. The van der Waals surface area contributed by atoms with Crippen molar-refractivity contribution in [3.8, 4) is 0 Å². The van der Waals surface area contributed by atoms with Crippen LogP contribution in [0.25, 0.3) is 0 Å². The van der Waals surface area contributed by atoms with Crippen molar-refractivity contribution < 1.29 is 0 Å². The second-order valence-corrected chi connectivity index (χ2v) is 6.44. The number of aromatic nitrogens is 2. The molecule has 0 aliphatic heterocycles. The number of hydrogen-bond donors (Lipinski definition) is 1. The highest BCUT2D eigenvalue weighted by atomic mass is 35.5. The Kier molecular flexibility index (Phi) is 5.31. The van der Waals surface area contributed by atoms with Crippen molar-refractivity contribution in [1.29, 1.82) is 0 Å². The molecule has 102 valence electrons. The molecule has 2 rings (SSSR count). The van der Waals surface area contributed by atoms with Gasteiger partial charge in [-0.3, -0.25) is 0 Å². The summed E-state index contributed by atoms with van der Waals surface area (Å²) in [5.41, 5.74) is 1.10. The molecular formula is C14H18ClN3S. The molecule has 5 heteroatoms. The zero-order valence-corrected chi connectivity index (χ0v) is 12.8. The smallest absolute Gasteiger partial charge is 0.131 e. The van der Waals surface area contributed by atoms with E-state index < -0.39 is 0 Å². The van der Waals surface area contributed by atoms with E-state index in [-0.39, 0.29) is 0 Å². The van der Waals surface area contributed by atoms with Crippen molar-refractivity contribution >= 4 is 22.9 Å². The number of nitrogens with one attached hydrogen (secondary N) is 1. The summed E-state index contributed by atoms with van der Waals surface area (Å²) in [6.45, 7) is 6.17. The Morgan fingerprint density at radius 2 is 1.95 bits per heavy atom. The highest BCUT2D eigenvalue weighted by molar-refractivity contribution is 7.11. The lowest BCUT2D eigenvalue weighted by Gasteiger charge is -2.04. The molecule has 1 heterocycles. The van der Waals surface area contributed by atoms with Gasteiger partial charge in [-0.15, -0.1) is 10.2 Å². The van der Waals surface area contributed by atoms with Crippen molar-refractivity contribution in [2.24, 2.45) is 5.92 Å². The first-order chi connectivity index (χ1) is 9.15. The van der Waals surface area contributed by atoms with E-state index in [9.17, 15) is 0 Å². The van der Waals surface area contributed by atoms with Crippen molar-refractivity contribution in [1.82, 2.24) is 15.5 Å². The van der Waals surface area contributed by atoms with E-state index in [1.807, 2.05) is 24.3 Å². The predicted molar refractivity (Wildman–Crippen MR) is 80.7 cm³/mol. The number of benzene rings is 1. The Hall–Kier alpha value is -0.970. The fourth-order valence-electron chi connectivity index (χ4n) is 1.70. The fourth-order valence-corrected chi connectivity index (χ4v) is 2.74. The van der Waals surface area contributed by atoms with Gasteiger partial charge in [0.15, 0.2) is 0 Å². The van der Waals surface area contributed by atoms with E-state index in [4.69, 9.17) is 11.6 Å². The minimum absolute atomic E-state index is 0.649. The van der Waals surface area contributed by atoms with Gasteiger partial charge in [-0.2, -0.15) is 0 Å². The van der Waals surface area contributed by atoms with Crippen LogP contribution < -0.4 is 5.32 Å². The van der Waals surface area contributed by atoms with E-state index >= 15 is 0 Å². The SMILES string of the molecule is CC(C)CNCc1nnc(Cc2ccccc2Cl)s1. The lowest BCUT2D eigenvalue weighted by atomic mass is 10.2. The maximum atomic E-state index is 6.14. The third-order valence-corrected chi connectivity index (χ3v) is 3.93. The lowest BCUT2D eigenvalue weighted by Crippen LogP contribution is -2.18. The summed E-state index contributed by atoms with van der Waals surface area (Å²) in [7, 11) is 0. The number of nitrogens with zero attached hydrogens (tertiary/aromatic N) is 2. The fraction of sp³-hybridized carbons (Fsp3) is 0.429. The molecule has 0 aliphatic rings. The van der Waals surface area contributed by atoms with Gasteiger partial charge in [0.2, 0.25) is 0 Å². The molecule has 0 saturated heterocycles. The summed E-state index contributed by atoms with van der Waals surface area (Å²) < 4.78 is 0. The van der Waals surface area contributed by atoms with Crippen molar-refractivity contribution in [3.05, 3.63) is 44.9 Å². The summed E-state index contributed by atoms with van der Waals surface area (Å²) in [6, 6.07) is 7.87. The molecule has 0 radical (unpaired) electrons. The van der Waals surface area contributed by atoms with Gasteiger partial charge in [0, 0.05) is 18.0 Å². The van der Waals surface area contributed by atoms with Gasteiger partial charge >= 0.3 is 0 Å². The van der Waals surface area contributed by atoms with Gasteiger partial charge < -0.3 is 5.32 Å². The topological polar surface area (TPSA) is 37.8 Å². The van der Waals surface area contributed by atoms with Crippen LogP contribution >= 0.6 is 22.9 Å². The molecule has 0 aliphatic carbocycles.